The van der Waals surface area contributed by atoms with Crippen LogP contribution in [0.4, 0.5) is 0 Å². The first kappa shape index (κ1) is 18.7. The minimum Gasteiger partial charge on any atom is -0.338 e. The number of carbonyl (C=O) groups is 2. The quantitative estimate of drug-likeness (QED) is 0.798. The van der Waals surface area contributed by atoms with E-state index in [0.29, 0.717) is 24.2 Å². The van der Waals surface area contributed by atoms with Crippen molar-refractivity contribution in [3.63, 3.8) is 0 Å². The van der Waals surface area contributed by atoms with Crippen molar-refractivity contribution in [2.75, 3.05) is 13.1 Å². The zero-order chi connectivity index (χ0) is 18.2. The van der Waals surface area contributed by atoms with Gasteiger partial charge in [0.15, 0.2) is 0 Å². The van der Waals surface area contributed by atoms with Gasteiger partial charge in [-0.1, -0.05) is 60.1 Å². The molecule has 0 heterocycles. The maximum atomic E-state index is 12.9. The lowest BCUT2D eigenvalue weighted by molar-refractivity contribution is -0.127. The highest BCUT2D eigenvalue weighted by atomic mass is 35.5. The van der Waals surface area contributed by atoms with Gasteiger partial charge >= 0.3 is 0 Å². The third-order valence-corrected chi connectivity index (χ3v) is 4.19. The largest absolute Gasteiger partial charge is 0.338 e. The number of halogens is 1. The van der Waals surface area contributed by atoms with Crippen molar-refractivity contribution < 1.29 is 9.59 Å². The molecule has 2 amide bonds. The van der Waals surface area contributed by atoms with Crippen molar-refractivity contribution in [3.05, 3.63) is 77.5 Å². The average molecular weight is 357 g/mol. The Morgan fingerprint density at radius 2 is 1.36 bits per heavy atom. The van der Waals surface area contributed by atoms with Crippen LogP contribution in [-0.4, -0.2) is 29.8 Å². The molecule has 2 rings (SSSR count). The van der Waals surface area contributed by atoms with E-state index in [1.165, 1.54) is 0 Å². The molecule has 0 atom stereocenters. The SMILES string of the molecule is CCN(CC)C(=O)/C(NC(=O)c1ccccc1)=C(/Cl)c1ccccc1. The highest BCUT2D eigenvalue weighted by Crippen LogP contribution is 2.23. The highest BCUT2D eigenvalue weighted by molar-refractivity contribution is 6.51. The summed E-state index contributed by atoms with van der Waals surface area (Å²) in [5, 5.41) is 2.92. The Balaban J connectivity index is 2.42. The van der Waals surface area contributed by atoms with E-state index in [9.17, 15) is 9.59 Å². The fourth-order valence-electron chi connectivity index (χ4n) is 2.38. The number of amides is 2. The van der Waals surface area contributed by atoms with Crippen LogP contribution in [-0.2, 0) is 4.79 Å². The van der Waals surface area contributed by atoms with Gasteiger partial charge in [-0.2, -0.15) is 0 Å². The first-order chi connectivity index (χ1) is 12.1. The van der Waals surface area contributed by atoms with E-state index < -0.39 is 0 Å². The summed E-state index contributed by atoms with van der Waals surface area (Å²) in [5.41, 5.74) is 1.23. The maximum Gasteiger partial charge on any atom is 0.271 e. The molecule has 25 heavy (non-hydrogen) atoms. The Kier molecular flexibility index (Phi) is 6.78. The van der Waals surface area contributed by atoms with Gasteiger partial charge in [0.25, 0.3) is 11.8 Å². The predicted octanol–water partition coefficient (Wildman–Crippen LogP) is 3.89. The molecule has 0 aliphatic carbocycles. The van der Waals surface area contributed by atoms with Crippen molar-refractivity contribution in [1.29, 1.82) is 0 Å². The van der Waals surface area contributed by atoms with E-state index >= 15 is 0 Å². The van der Waals surface area contributed by atoms with Crippen LogP contribution in [0.5, 0.6) is 0 Å². The second-order valence-electron chi connectivity index (χ2n) is 5.35. The Bertz CT molecular complexity index is 754. The van der Waals surface area contributed by atoms with Gasteiger partial charge in [-0.05, 0) is 31.5 Å². The highest BCUT2D eigenvalue weighted by Gasteiger charge is 2.22. The average Bonchev–Trinajstić information content (AvgIpc) is 2.67. The van der Waals surface area contributed by atoms with E-state index in [1.807, 2.05) is 38.1 Å². The van der Waals surface area contributed by atoms with Gasteiger partial charge in [-0.3, -0.25) is 9.59 Å². The zero-order valence-corrected chi connectivity index (χ0v) is 15.1. The van der Waals surface area contributed by atoms with Crippen LogP contribution in [0.1, 0.15) is 29.8 Å². The summed E-state index contributed by atoms with van der Waals surface area (Å²) in [4.78, 5) is 27.0. The molecule has 0 aromatic heterocycles. The van der Waals surface area contributed by atoms with Crippen molar-refractivity contribution in [3.8, 4) is 0 Å². The summed E-state index contributed by atoms with van der Waals surface area (Å²) in [6.45, 7) is 4.82. The van der Waals surface area contributed by atoms with Gasteiger partial charge in [0.05, 0.1) is 5.03 Å². The molecule has 0 saturated heterocycles. The summed E-state index contributed by atoms with van der Waals surface area (Å²) in [6.07, 6.45) is 0. The Morgan fingerprint density at radius 3 is 1.84 bits per heavy atom. The standard InChI is InChI=1S/C20H21ClN2O2/c1-3-23(4-2)20(25)18(17(21)15-11-7-5-8-12-15)22-19(24)16-13-9-6-10-14-16/h5-14H,3-4H2,1-2H3,(H,22,24)/b18-17-. The van der Waals surface area contributed by atoms with Crippen molar-refractivity contribution >= 4 is 28.4 Å². The monoisotopic (exact) mass is 356 g/mol. The number of nitrogens with zero attached hydrogens (tertiary/aromatic N) is 1. The Morgan fingerprint density at radius 1 is 0.880 bits per heavy atom. The number of hydrogen-bond donors (Lipinski definition) is 1. The lowest BCUT2D eigenvalue weighted by atomic mass is 10.1. The fourth-order valence-corrected chi connectivity index (χ4v) is 2.63. The molecule has 0 radical (unpaired) electrons. The predicted molar refractivity (Wildman–Crippen MR) is 101 cm³/mol. The van der Waals surface area contributed by atoms with Gasteiger partial charge in [-0.25, -0.2) is 0 Å². The zero-order valence-electron chi connectivity index (χ0n) is 14.3. The van der Waals surface area contributed by atoms with Crippen molar-refractivity contribution in [1.82, 2.24) is 10.2 Å². The molecule has 5 heteroatoms. The number of hydrogen-bond acceptors (Lipinski definition) is 2. The van der Waals surface area contributed by atoms with Crippen LogP contribution in [0.25, 0.3) is 5.03 Å². The molecule has 2 aromatic rings. The van der Waals surface area contributed by atoms with Gasteiger partial charge in [0, 0.05) is 18.7 Å². The lowest BCUT2D eigenvalue weighted by Crippen LogP contribution is -2.38. The Labute approximate surface area is 153 Å². The second-order valence-corrected chi connectivity index (χ2v) is 5.73. The minimum absolute atomic E-state index is 0.0884. The molecule has 0 spiro atoms. The maximum absolute atomic E-state index is 12.9. The molecule has 130 valence electrons. The topological polar surface area (TPSA) is 49.4 Å². The van der Waals surface area contributed by atoms with E-state index in [1.54, 1.807) is 41.3 Å². The first-order valence-corrected chi connectivity index (χ1v) is 8.57. The molecule has 0 saturated carbocycles. The summed E-state index contributed by atoms with van der Waals surface area (Å²) in [7, 11) is 0. The van der Waals surface area contributed by atoms with E-state index in [2.05, 4.69) is 5.32 Å². The molecule has 0 fully saturated rings. The number of nitrogens with one attached hydrogen (secondary N) is 1. The molecular formula is C20H21ClN2O2. The molecule has 1 N–H and O–H groups in total. The third kappa shape index (κ3) is 4.70. The molecule has 4 nitrogen and oxygen atoms in total. The van der Waals surface area contributed by atoms with Gasteiger partial charge in [-0.15, -0.1) is 0 Å². The molecule has 0 unspecified atom stereocenters. The summed E-state index contributed by atoms with van der Waals surface area (Å²) >= 11 is 6.47. The number of benzene rings is 2. The van der Waals surface area contributed by atoms with E-state index in [-0.39, 0.29) is 22.5 Å². The smallest absolute Gasteiger partial charge is 0.271 e. The summed E-state index contributed by atoms with van der Waals surface area (Å²) < 4.78 is 0. The van der Waals surface area contributed by atoms with Crippen LogP contribution < -0.4 is 5.32 Å². The molecule has 0 aliphatic heterocycles. The van der Waals surface area contributed by atoms with Crippen molar-refractivity contribution in [2.24, 2.45) is 0 Å². The molecule has 2 aromatic carbocycles. The van der Waals surface area contributed by atoms with Crippen LogP contribution >= 0.6 is 11.6 Å². The van der Waals surface area contributed by atoms with Gasteiger partial charge < -0.3 is 10.2 Å². The fraction of sp³-hybridized carbons (Fsp3) is 0.200. The normalized spacial score (nSPS) is 11.5. The van der Waals surface area contributed by atoms with Crippen LogP contribution in [0.2, 0.25) is 0 Å². The molecule has 0 bridgehead atoms. The molecule has 0 aliphatic rings. The summed E-state index contributed by atoms with van der Waals surface area (Å²) in [5.74, 6) is -0.673. The van der Waals surface area contributed by atoms with Gasteiger partial charge in [0.1, 0.15) is 5.70 Å². The van der Waals surface area contributed by atoms with Crippen LogP contribution in [0.15, 0.2) is 66.4 Å². The van der Waals surface area contributed by atoms with Gasteiger partial charge in [0.2, 0.25) is 0 Å². The number of rotatable bonds is 6. The number of likely N-dealkylation sites (N-methyl/N-ethyl adjacent to an activating group) is 1. The van der Waals surface area contributed by atoms with Crippen molar-refractivity contribution in [2.45, 2.75) is 13.8 Å². The Hall–Kier alpha value is -2.59. The first-order valence-electron chi connectivity index (χ1n) is 8.19. The van der Waals surface area contributed by atoms with E-state index in [4.69, 9.17) is 11.6 Å². The summed E-state index contributed by atoms with van der Waals surface area (Å²) in [6, 6.07) is 17.8. The number of carbonyl (C=O) groups excluding carboxylic acids is 2. The second kappa shape index (κ2) is 9.04. The van der Waals surface area contributed by atoms with Crippen LogP contribution in [0.3, 0.4) is 0 Å². The minimum atomic E-state index is -0.370. The molecular weight excluding hydrogens is 336 g/mol. The van der Waals surface area contributed by atoms with Crippen LogP contribution in [0, 0.1) is 0 Å². The van der Waals surface area contributed by atoms with E-state index in [0.717, 1.165) is 0 Å². The third-order valence-electron chi connectivity index (χ3n) is 3.79. The lowest BCUT2D eigenvalue weighted by Gasteiger charge is -2.22.